The molecule has 0 saturated carbocycles. The average molecular weight is 666 g/mol. The molecule has 7 aromatic carbocycles. The van der Waals surface area contributed by atoms with Crippen molar-refractivity contribution >= 4 is 85.8 Å². The molecule has 51 heavy (non-hydrogen) atoms. The summed E-state index contributed by atoms with van der Waals surface area (Å²) in [6.07, 6.45) is 0. The summed E-state index contributed by atoms with van der Waals surface area (Å²) in [7, 11) is 0. The minimum Gasteiger partial charge on any atom is -0.248 e. The van der Waals surface area contributed by atoms with E-state index in [-0.39, 0.29) is 0 Å². The van der Waals surface area contributed by atoms with Crippen LogP contribution < -0.4 is 0 Å². The van der Waals surface area contributed by atoms with E-state index in [1.165, 1.54) is 25.6 Å². The molecule has 0 radical (unpaired) electrons. The van der Waals surface area contributed by atoms with Crippen molar-refractivity contribution in [3.8, 4) is 33.8 Å². The first kappa shape index (κ1) is 28.4. The second kappa shape index (κ2) is 11.0. The monoisotopic (exact) mass is 665 g/mol. The van der Waals surface area contributed by atoms with Crippen molar-refractivity contribution in [3.05, 3.63) is 164 Å². The van der Waals surface area contributed by atoms with Gasteiger partial charge in [-0.3, -0.25) is 0 Å². The normalized spacial score (nSPS) is 11.9. The van der Waals surface area contributed by atoms with Gasteiger partial charge in [0.1, 0.15) is 0 Å². The first-order valence-electron chi connectivity index (χ1n) is 17.2. The van der Waals surface area contributed by atoms with Crippen LogP contribution in [0.2, 0.25) is 0 Å². The van der Waals surface area contributed by atoms with Gasteiger partial charge in [0, 0.05) is 53.0 Å². The van der Waals surface area contributed by atoms with Crippen molar-refractivity contribution < 1.29 is 0 Å². The number of aromatic nitrogens is 3. The van der Waals surface area contributed by atoms with Crippen LogP contribution in [0.5, 0.6) is 0 Å². The smallest absolute Gasteiger partial charge is 0.0972 e. The Morgan fingerprint density at radius 3 is 1.51 bits per heavy atom. The number of hydrogen-bond donors (Lipinski definition) is 0. The highest BCUT2D eigenvalue weighted by atomic mass is 32.1. The summed E-state index contributed by atoms with van der Waals surface area (Å²) in [5.41, 5.74) is 9.02. The fraction of sp³-hybridized carbons (Fsp3) is 0. The lowest BCUT2D eigenvalue weighted by Crippen LogP contribution is -1.95. The lowest BCUT2D eigenvalue weighted by atomic mass is 9.88. The zero-order valence-corrected chi connectivity index (χ0v) is 28.2. The molecule has 236 valence electrons. The highest BCUT2D eigenvalue weighted by Crippen LogP contribution is 2.44. The molecule has 0 atom stereocenters. The zero-order chi connectivity index (χ0) is 33.5. The number of thiophene rings is 1. The molecule has 0 N–H and O–H groups in total. The Morgan fingerprint density at radius 2 is 0.843 bits per heavy atom. The molecule has 3 nitrogen and oxygen atoms in total. The van der Waals surface area contributed by atoms with E-state index in [9.17, 15) is 0 Å². The number of fused-ring (bicyclic) bond motifs is 10. The first-order valence-corrected chi connectivity index (χ1v) is 18.0. The maximum absolute atomic E-state index is 5.42. The van der Waals surface area contributed by atoms with Crippen molar-refractivity contribution in [2.24, 2.45) is 0 Å². The van der Waals surface area contributed by atoms with Crippen LogP contribution in [0.15, 0.2) is 164 Å². The number of pyridine rings is 3. The molecule has 0 unspecified atom stereocenters. The second-order valence-electron chi connectivity index (χ2n) is 13.1. The van der Waals surface area contributed by atoms with E-state index >= 15 is 0 Å². The van der Waals surface area contributed by atoms with E-state index < -0.39 is 0 Å². The molecule has 11 rings (SSSR count). The van der Waals surface area contributed by atoms with E-state index in [1.807, 2.05) is 17.4 Å². The Kier molecular flexibility index (Phi) is 6.12. The Morgan fingerprint density at radius 1 is 0.333 bits per heavy atom. The maximum atomic E-state index is 5.42. The molecular weight excluding hydrogens is 639 g/mol. The van der Waals surface area contributed by atoms with Gasteiger partial charge in [-0.2, -0.15) is 0 Å². The van der Waals surface area contributed by atoms with Crippen LogP contribution in [-0.2, 0) is 0 Å². The fourth-order valence-electron chi connectivity index (χ4n) is 7.92. The lowest BCUT2D eigenvalue weighted by Gasteiger charge is -2.17. The zero-order valence-electron chi connectivity index (χ0n) is 27.3. The Hall–Kier alpha value is -6.49. The molecule has 0 bridgehead atoms. The van der Waals surface area contributed by atoms with Gasteiger partial charge in [0.05, 0.1) is 33.6 Å². The van der Waals surface area contributed by atoms with Crippen molar-refractivity contribution in [1.82, 2.24) is 15.0 Å². The minimum absolute atomic E-state index is 0.906. The fourth-order valence-corrected chi connectivity index (χ4v) is 9.05. The molecule has 0 aliphatic heterocycles. The van der Waals surface area contributed by atoms with Gasteiger partial charge in [-0.1, -0.05) is 121 Å². The molecule has 11 aromatic rings. The largest absolute Gasteiger partial charge is 0.248 e. The maximum Gasteiger partial charge on any atom is 0.0972 e. The molecule has 0 spiro atoms. The predicted molar refractivity (Wildman–Crippen MR) is 217 cm³/mol. The summed E-state index contributed by atoms with van der Waals surface area (Å²) in [5.74, 6) is 0. The summed E-state index contributed by atoms with van der Waals surface area (Å²) in [6, 6.07) is 58.2. The van der Waals surface area contributed by atoms with Gasteiger partial charge in [-0.25, -0.2) is 15.0 Å². The van der Waals surface area contributed by atoms with Crippen LogP contribution in [0.25, 0.3) is 108 Å². The number of benzene rings is 7. The van der Waals surface area contributed by atoms with Crippen LogP contribution in [-0.4, -0.2) is 15.0 Å². The van der Waals surface area contributed by atoms with Gasteiger partial charge in [-0.05, 0) is 64.0 Å². The summed E-state index contributed by atoms with van der Waals surface area (Å²) < 4.78 is 2.60. The minimum atomic E-state index is 0.906. The van der Waals surface area contributed by atoms with E-state index in [2.05, 4.69) is 158 Å². The van der Waals surface area contributed by atoms with Gasteiger partial charge in [0.15, 0.2) is 0 Å². The third kappa shape index (κ3) is 4.33. The molecular formula is C47H27N3S. The van der Waals surface area contributed by atoms with Crippen molar-refractivity contribution in [1.29, 1.82) is 0 Å². The molecule has 0 aliphatic rings. The third-order valence-electron chi connectivity index (χ3n) is 10.2. The lowest BCUT2D eigenvalue weighted by molar-refractivity contribution is 1.37. The van der Waals surface area contributed by atoms with Crippen LogP contribution in [0.3, 0.4) is 0 Å². The third-order valence-corrected chi connectivity index (χ3v) is 11.4. The summed E-state index contributed by atoms with van der Waals surface area (Å²) in [4.78, 5) is 16.0. The summed E-state index contributed by atoms with van der Waals surface area (Å²) in [5, 5.41) is 10.5. The van der Waals surface area contributed by atoms with Crippen molar-refractivity contribution in [2.45, 2.75) is 0 Å². The van der Waals surface area contributed by atoms with Gasteiger partial charge in [0.2, 0.25) is 0 Å². The first-order chi connectivity index (χ1) is 25.3. The molecule has 4 aromatic heterocycles. The number of rotatable bonds is 3. The van der Waals surface area contributed by atoms with E-state index in [1.54, 1.807) is 0 Å². The Labute approximate surface area is 297 Å². The standard InChI is InChI=1S/C47H27N3S/c1-2-10-28(11-3-1)37-23-20-29-18-19-30-21-24-40(50-47(30)46(29)49-37)44-33-14-6-4-12-31(33)43(32-13-5-7-15-34(32)44)39-25-22-35-38(48-39)26-27-42-45(35)36-16-8-9-17-41(36)51-42/h1-27H. The van der Waals surface area contributed by atoms with Gasteiger partial charge in [-0.15, -0.1) is 11.3 Å². The van der Waals surface area contributed by atoms with Crippen LogP contribution in [0.4, 0.5) is 0 Å². The molecule has 0 fully saturated rings. The predicted octanol–water partition coefficient (Wildman–Crippen LogP) is 13.0. The number of hydrogen-bond acceptors (Lipinski definition) is 4. The Bertz CT molecular complexity index is 3140. The second-order valence-corrected chi connectivity index (χ2v) is 14.2. The molecule has 4 heterocycles. The topological polar surface area (TPSA) is 38.7 Å². The molecule has 0 aliphatic carbocycles. The highest BCUT2D eigenvalue weighted by molar-refractivity contribution is 7.26. The molecule has 0 amide bonds. The van der Waals surface area contributed by atoms with Crippen molar-refractivity contribution in [2.75, 3.05) is 0 Å². The van der Waals surface area contributed by atoms with Crippen LogP contribution in [0, 0.1) is 0 Å². The van der Waals surface area contributed by atoms with Gasteiger partial charge >= 0.3 is 0 Å². The quantitative estimate of drug-likeness (QED) is 0.139. The van der Waals surface area contributed by atoms with Gasteiger partial charge < -0.3 is 0 Å². The average Bonchev–Trinajstić information content (AvgIpc) is 3.59. The van der Waals surface area contributed by atoms with Crippen molar-refractivity contribution in [3.63, 3.8) is 0 Å². The van der Waals surface area contributed by atoms with E-state index in [0.717, 1.165) is 82.6 Å². The molecule has 0 saturated heterocycles. The van der Waals surface area contributed by atoms with Crippen LogP contribution >= 0.6 is 11.3 Å². The highest BCUT2D eigenvalue weighted by Gasteiger charge is 2.19. The summed E-state index contributed by atoms with van der Waals surface area (Å²) in [6.45, 7) is 0. The number of nitrogens with zero attached hydrogens (tertiary/aromatic N) is 3. The SMILES string of the molecule is c1ccc(-c2ccc3ccc4ccc(-c5c6ccccc6c(-c6ccc7c(ccc8sc9ccccc9c87)n6)c6ccccc56)nc4c3n2)cc1. The van der Waals surface area contributed by atoms with Gasteiger partial charge in [0.25, 0.3) is 0 Å². The van der Waals surface area contributed by atoms with Crippen LogP contribution in [0.1, 0.15) is 0 Å². The van der Waals surface area contributed by atoms with E-state index in [0.29, 0.717) is 0 Å². The Balaban J connectivity index is 1.16. The molecule has 4 heteroatoms. The summed E-state index contributed by atoms with van der Waals surface area (Å²) >= 11 is 1.84. The van der Waals surface area contributed by atoms with E-state index in [4.69, 9.17) is 15.0 Å².